The van der Waals surface area contributed by atoms with Gasteiger partial charge in [0.05, 0.1) is 43.1 Å². The number of carbonyl (C=O) groups is 1. The van der Waals surface area contributed by atoms with E-state index in [1.54, 1.807) is 33.6 Å². The molecule has 0 N–H and O–H groups in total. The molecule has 9 nitrogen and oxygen atoms in total. The molecule has 9 heteroatoms. The van der Waals surface area contributed by atoms with Gasteiger partial charge in [0, 0.05) is 31.9 Å². The third kappa shape index (κ3) is 4.85. The number of ether oxygens (including phenoxy) is 2. The molecular formula is C21H28N6O3. The van der Waals surface area contributed by atoms with Gasteiger partial charge in [0.2, 0.25) is 11.8 Å². The van der Waals surface area contributed by atoms with E-state index in [9.17, 15) is 4.79 Å². The number of aryl methyl sites for hydroxylation is 1. The van der Waals surface area contributed by atoms with Crippen LogP contribution in [0.5, 0.6) is 5.88 Å². The van der Waals surface area contributed by atoms with E-state index >= 15 is 0 Å². The number of carbonyl (C=O) groups excluding carboxylic acids is 1. The summed E-state index contributed by atoms with van der Waals surface area (Å²) in [5.74, 6) is 0.548. The van der Waals surface area contributed by atoms with Crippen LogP contribution in [0.1, 0.15) is 20.8 Å². The molecule has 0 aromatic carbocycles. The van der Waals surface area contributed by atoms with E-state index in [0.29, 0.717) is 19.0 Å². The van der Waals surface area contributed by atoms with Crippen molar-refractivity contribution in [1.29, 1.82) is 0 Å². The standard InChI is InChI=1S/C11H11N5O.C10H17NO2/c1-15-6-8(5-13-15)9-7-16-10(3-4-12-16)11(14-9)17-2;1-5-9(12)11-6-8(2)13-10(3,4)7-11/h3-7H,1-2H3;5,8H,1,6-7H2,2-4H3/t;8-/m.1/s1. The van der Waals surface area contributed by atoms with E-state index < -0.39 is 0 Å². The van der Waals surface area contributed by atoms with Gasteiger partial charge in [-0.2, -0.15) is 10.2 Å². The highest BCUT2D eigenvalue weighted by atomic mass is 16.5. The molecule has 1 fully saturated rings. The quantitative estimate of drug-likeness (QED) is 0.614. The first-order chi connectivity index (χ1) is 14.2. The molecule has 1 atom stereocenters. The molecule has 0 bridgehead atoms. The van der Waals surface area contributed by atoms with E-state index in [0.717, 1.165) is 16.8 Å². The highest BCUT2D eigenvalue weighted by Crippen LogP contribution is 2.23. The van der Waals surface area contributed by atoms with Gasteiger partial charge in [-0.05, 0) is 32.9 Å². The minimum atomic E-state index is -0.240. The Balaban J connectivity index is 0.000000178. The second-order valence-corrected chi connectivity index (χ2v) is 7.81. The maximum absolute atomic E-state index is 11.4. The van der Waals surface area contributed by atoms with Crippen molar-refractivity contribution in [3.8, 4) is 17.1 Å². The molecule has 0 saturated carbocycles. The summed E-state index contributed by atoms with van der Waals surface area (Å²) in [6.07, 6.45) is 8.69. The van der Waals surface area contributed by atoms with Gasteiger partial charge in [0.15, 0.2) is 0 Å². The van der Waals surface area contributed by atoms with Gasteiger partial charge in [0.25, 0.3) is 0 Å². The number of fused-ring (bicyclic) bond motifs is 1. The van der Waals surface area contributed by atoms with E-state index in [1.165, 1.54) is 6.08 Å². The number of hydrogen-bond donors (Lipinski definition) is 0. The lowest BCUT2D eigenvalue weighted by molar-refractivity contribution is -0.153. The van der Waals surface area contributed by atoms with E-state index in [1.807, 2.05) is 46.3 Å². The van der Waals surface area contributed by atoms with Crippen LogP contribution < -0.4 is 4.74 Å². The maximum atomic E-state index is 11.4. The fourth-order valence-corrected chi connectivity index (χ4v) is 3.49. The summed E-state index contributed by atoms with van der Waals surface area (Å²) < 4.78 is 14.4. The summed E-state index contributed by atoms with van der Waals surface area (Å²) in [5.41, 5.74) is 2.32. The molecule has 3 aromatic rings. The predicted molar refractivity (Wildman–Crippen MR) is 113 cm³/mol. The Morgan fingerprint density at radius 2 is 2.13 bits per heavy atom. The monoisotopic (exact) mass is 412 g/mol. The van der Waals surface area contributed by atoms with Crippen LogP contribution in [-0.4, -0.2) is 67.1 Å². The molecule has 1 amide bonds. The van der Waals surface area contributed by atoms with Crippen LogP contribution in [0.15, 0.2) is 43.5 Å². The number of aromatic nitrogens is 5. The van der Waals surface area contributed by atoms with Crippen LogP contribution >= 0.6 is 0 Å². The Labute approximate surface area is 175 Å². The number of hydrogen-bond acceptors (Lipinski definition) is 6. The molecule has 1 aliphatic rings. The van der Waals surface area contributed by atoms with Crippen molar-refractivity contribution in [3.63, 3.8) is 0 Å². The normalized spacial score (nSPS) is 17.9. The minimum absolute atomic E-state index is 0.0109. The average Bonchev–Trinajstić information content (AvgIpc) is 3.34. The van der Waals surface area contributed by atoms with E-state index in [4.69, 9.17) is 9.47 Å². The van der Waals surface area contributed by atoms with Crippen molar-refractivity contribution in [3.05, 3.63) is 43.5 Å². The van der Waals surface area contributed by atoms with Crippen molar-refractivity contribution in [2.24, 2.45) is 7.05 Å². The van der Waals surface area contributed by atoms with E-state index in [-0.39, 0.29) is 17.6 Å². The molecule has 30 heavy (non-hydrogen) atoms. The molecule has 4 rings (SSSR count). The van der Waals surface area contributed by atoms with Crippen molar-refractivity contribution >= 4 is 11.4 Å². The van der Waals surface area contributed by atoms with Gasteiger partial charge >= 0.3 is 0 Å². The Bertz CT molecular complexity index is 1040. The molecule has 1 saturated heterocycles. The summed E-state index contributed by atoms with van der Waals surface area (Å²) in [4.78, 5) is 17.6. The zero-order chi connectivity index (χ0) is 21.9. The Kier molecular flexibility index (Phi) is 6.21. The fraction of sp³-hybridized carbons (Fsp3) is 0.429. The summed E-state index contributed by atoms with van der Waals surface area (Å²) in [5, 5.41) is 8.31. The van der Waals surface area contributed by atoms with Crippen molar-refractivity contribution in [2.75, 3.05) is 20.2 Å². The number of morpholine rings is 1. The summed E-state index contributed by atoms with van der Waals surface area (Å²) in [6, 6.07) is 1.86. The van der Waals surface area contributed by atoms with Crippen LogP contribution in [0, 0.1) is 0 Å². The summed E-state index contributed by atoms with van der Waals surface area (Å²) in [6.45, 7) is 10.7. The lowest BCUT2D eigenvalue weighted by atomic mass is 10.1. The lowest BCUT2D eigenvalue weighted by Gasteiger charge is -2.41. The molecular weight excluding hydrogens is 384 g/mol. The van der Waals surface area contributed by atoms with Crippen LogP contribution in [0.25, 0.3) is 16.8 Å². The summed E-state index contributed by atoms with van der Waals surface area (Å²) >= 11 is 0. The SMILES string of the molecule is C=CC(=O)N1C[C@@H](C)OC(C)(C)C1.COc1nc(-c2cnn(C)c2)cn2nccc12. The van der Waals surface area contributed by atoms with Gasteiger partial charge in [-0.3, -0.25) is 9.48 Å². The topological polar surface area (TPSA) is 86.8 Å². The Hall–Kier alpha value is -3.20. The smallest absolute Gasteiger partial charge is 0.246 e. The van der Waals surface area contributed by atoms with Crippen LogP contribution in [0.3, 0.4) is 0 Å². The molecule has 0 unspecified atom stereocenters. The second-order valence-electron chi connectivity index (χ2n) is 7.81. The van der Waals surface area contributed by atoms with Gasteiger partial charge < -0.3 is 14.4 Å². The molecule has 0 spiro atoms. The zero-order valence-electron chi connectivity index (χ0n) is 18.1. The third-order valence-electron chi connectivity index (χ3n) is 4.61. The van der Waals surface area contributed by atoms with Gasteiger partial charge in [-0.15, -0.1) is 0 Å². The fourth-order valence-electron chi connectivity index (χ4n) is 3.49. The predicted octanol–water partition coefficient (Wildman–Crippen LogP) is 2.34. The van der Waals surface area contributed by atoms with Crippen LogP contribution in [0.2, 0.25) is 0 Å². The van der Waals surface area contributed by atoms with Gasteiger partial charge in [0.1, 0.15) is 5.52 Å². The first kappa shape index (κ1) is 21.5. The summed E-state index contributed by atoms with van der Waals surface area (Å²) in [7, 11) is 3.47. The molecule has 160 valence electrons. The average molecular weight is 412 g/mol. The Morgan fingerprint density at radius 3 is 2.73 bits per heavy atom. The van der Waals surface area contributed by atoms with Crippen molar-refractivity contribution in [1.82, 2.24) is 29.3 Å². The van der Waals surface area contributed by atoms with Crippen LogP contribution in [-0.2, 0) is 16.6 Å². The zero-order valence-corrected chi connectivity index (χ0v) is 18.1. The van der Waals surface area contributed by atoms with Gasteiger partial charge in [-0.1, -0.05) is 6.58 Å². The third-order valence-corrected chi connectivity index (χ3v) is 4.61. The lowest BCUT2D eigenvalue weighted by Crippen LogP contribution is -2.53. The van der Waals surface area contributed by atoms with E-state index in [2.05, 4.69) is 21.8 Å². The highest BCUT2D eigenvalue weighted by Gasteiger charge is 2.32. The van der Waals surface area contributed by atoms with Gasteiger partial charge in [-0.25, -0.2) is 9.50 Å². The molecule has 3 aromatic heterocycles. The maximum Gasteiger partial charge on any atom is 0.246 e. The van der Waals surface area contributed by atoms with Crippen molar-refractivity contribution in [2.45, 2.75) is 32.5 Å². The first-order valence-corrected chi connectivity index (χ1v) is 9.69. The number of nitrogens with zero attached hydrogens (tertiary/aromatic N) is 6. The Morgan fingerprint density at radius 1 is 1.37 bits per heavy atom. The first-order valence-electron chi connectivity index (χ1n) is 9.69. The number of amides is 1. The highest BCUT2D eigenvalue weighted by molar-refractivity contribution is 5.87. The number of rotatable bonds is 3. The molecule has 0 radical (unpaired) electrons. The molecule has 0 aliphatic carbocycles. The number of methoxy groups -OCH3 is 1. The molecule has 4 heterocycles. The van der Waals surface area contributed by atoms with Crippen molar-refractivity contribution < 1.29 is 14.3 Å². The van der Waals surface area contributed by atoms with Crippen LogP contribution in [0.4, 0.5) is 0 Å². The largest absolute Gasteiger partial charge is 0.479 e. The minimum Gasteiger partial charge on any atom is -0.479 e. The molecule has 1 aliphatic heterocycles. The second kappa shape index (κ2) is 8.66.